The van der Waals surface area contributed by atoms with E-state index in [0.717, 1.165) is 18.3 Å². The zero-order valence-corrected chi connectivity index (χ0v) is 11.0. The summed E-state index contributed by atoms with van der Waals surface area (Å²) in [6.07, 6.45) is 6.60. The molecule has 1 heterocycles. The van der Waals surface area contributed by atoms with Crippen LogP contribution in [-0.4, -0.2) is 21.2 Å². The molecule has 2 aromatic rings. The number of rotatable bonds is 4. The summed E-state index contributed by atoms with van der Waals surface area (Å²) < 4.78 is 0. The number of H-pyrrole nitrogens is 1. The lowest BCUT2D eigenvalue weighted by molar-refractivity contribution is 0.339. The molecular formula is C15H20N4. The van der Waals surface area contributed by atoms with Crippen molar-refractivity contribution >= 4 is 0 Å². The molecule has 0 atom stereocenters. The van der Waals surface area contributed by atoms with E-state index >= 15 is 0 Å². The van der Waals surface area contributed by atoms with Gasteiger partial charge in [0.25, 0.3) is 0 Å². The fraction of sp³-hybridized carbons (Fsp3) is 0.467. The maximum absolute atomic E-state index is 4.13. The third-order valence-electron chi connectivity index (χ3n) is 4.02. The van der Waals surface area contributed by atoms with E-state index in [9.17, 15) is 0 Å². The molecule has 0 aliphatic heterocycles. The normalized spacial score (nSPS) is 23.4. The van der Waals surface area contributed by atoms with Crippen LogP contribution in [0.25, 0.3) is 0 Å². The first-order chi connectivity index (χ1) is 9.42. The first kappa shape index (κ1) is 12.4. The number of nitrogens with one attached hydrogen (secondary N) is 2. The van der Waals surface area contributed by atoms with Gasteiger partial charge in [-0.05, 0) is 37.2 Å². The van der Waals surface area contributed by atoms with Crippen molar-refractivity contribution in [2.45, 2.75) is 44.2 Å². The van der Waals surface area contributed by atoms with Crippen molar-refractivity contribution < 1.29 is 0 Å². The molecule has 0 saturated heterocycles. The third kappa shape index (κ3) is 3.20. The Kier molecular flexibility index (Phi) is 3.89. The van der Waals surface area contributed by atoms with Crippen LogP contribution in [0.1, 0.15) is 43.0 Å². The zero-order chi connectivity index (χ0) is 12.9. The highest BCUT2D eigenvalue weighted by molar-refractivity contribution is 5.20. The Bertz CT molecular complexity index is 472. The summed E-state index contributed by atoms with van der Waals surface area (Å²) in [7, 11) is 0. The Morgan fingerprint density at radius 2 is 1.89 bits per heavy atom. The average molecular weight is 256 g/mol. The summed E-state index contributed by atoms with van der Waals surface area (Å²) in [5.74, 6) is 1.66. The smallest absolute Gasteiger partial charge is 0.138 e. The van der Waals surface area contributed by atoms with Crippen molar-refractivity contribution in [1.29, 1.82) is 0 Å². The summed E-state index contributed by atoms with van der Waals surface area (Å²) in [6, 6.07) is 11.5. The lowest BCUT2D eigenvalue weighted by Gasteiger charge is -2.29. The van der Waals surface area contributed by atoms with Crippen LogP contribution in [0.15, 0.2) is 36.7 Å². The van der Waals surface area contributed by atoms with Gasteiger partial charge >= 0.3 is 0 Å². The molecule has 1 fully saturated rings. The Morgan fingerprint density at radius 3 is 2.58 bits per heavy atom. The molecule has 4 nitrogen and oxygen atoms in total. The summed E-state index contributed by atoms with van der Waals surface area (Å²) in [4.78, 5) is 4.13. The summed E-state index contributed by atoms with van der Waals surface area (Å²) in [6.45, 7) is 0.792. The van der Waals surface area contributed by atoms with Crippen molar-refractivity contribution in [2.24, 2.45) is 0 Å². The molecule has 1 saturated carbocycles. The molecule has 3 rings (SSSR count). The van der Waals surface area contributed by atoms with Crippen LogP contribution in [0.2, 0.25) is 0 Å². The molecule has 1 aliphatic carbocycles. The molecule has 0 radical (unpaired) electrons. The molecular weight excluding hydrogens is 236 g/mol. The van der Waals surface area contributed by atoms with Crippen molar-refractivity contribution in [2.75, 3.05) is 0 Å². The van der Waals surface area contributed by atoms with E-state index in [2.05, 4.69) is 50.8 Å². The molecule has 100 valence electrons. The quantitative estimate of drug-likeness (QED) is 0.884. The Balaban J connectivity index is 1.47. The molecule has 19 heavy (non-hydrogen) atoms. The van der Waals surface area contributed by atoms with E-state index in [1.54, 1.807) is 6.33 Å². The lowest BCUT2D eigenvalue weighted by Crippen LogP contribution is -2.32. The standard InChI is InChI=1S/C15H20N4/c1-2-4-12(5-3-1)13-6-8-14(9-7-13)16-10-15-17-11-18-19-15/h1-5,11,13-14,16H,6-10H2,(H,17,18,19). The number of aromatic nitrogens is 3. The van der Waals surface area contributed by atoms with Crippen molar-refractivity contribution in [1.82, 2.24) is 20.5 Å². The molecule has 4 heteroatoms. The van der Waals surface area contributed by atoms with Crippen LogP contribution in [-0.2, 0) is 6.54 Å². The van der Waals surface area contributed by atoms with Crippen LogP contribution in [0.5, 0.6) is 0 Å². The molecule has 0 unspecified atom stereocenters. The highest BCUT2D eigenvalue weighted by Crippen LogP contribution is 2.32. The number of aromatic amines is 1. The van der Waals surface area contributed by atoms with Crippen molar-refractivity contribution in [3.63, 3.8) is 0 Å². The number of nitrogens with zero attached hydrogens (tertiary/aromatic N) is 2. The Labute approximate surface area is 113 Å². The molecule has 1 aromatic carbocycles. The first-order valence-electron chi connectivity index (χ1n) is 7.04. The summed E-state index contributed by atoms with van der Waals surface area (Å²) in [5, 5.41) is 10.3. The van der Waals surface area contributed by atoms with E-state index in [-0.39, 0.29) is 0 Å². The predicted octanol–water partition coefficient (Wildman–Crippen LogP) is 2.62. The van der Waals surface area contributed by atoms with Gasteiger partial charge in [-0.2, -0.15) is 5.10 Å². The van der Waals surface area contributed by atoms with Crippen LogP contribution in [0, 0.1) is 0 Å². The maximum atomic E-state index is 4.13. The van der Waals surface area contributed by atoms with Gasteiger partial charge in [-0.3, -0.25) is 5.10 Å². The largest absolute Gasteiger partial charge is 0.307 e. The second kappa shape index (κ2) is 5.97. The number of hydrogen-bond acceptors (Lipinski definition) is 3. The first-order valence-corrected chi connectivity index (χ1v) is 7.04. The van der Waals surface area contributed by atoms with Gasteiger partial charge < -0.3 is 5.32 Å². The highest BCUT2D eigenvalue weighted by Gasteiger charge is 2.21. The van der Waals surface area contributed by atoms with E-state index in [1.165, 1.54) is 31.2 Å². The monoisotopic (exact) mass is 256 g/mol. The fourth-order valence-electron chi connectivity index (χ4n) is 2.91. The zero-order valence-electron chi connectivity index (χ0n) is 11.0. The number of benzene rings is 1. The van der Waals surface area contributed by atoms with Gasteiger partial charge in [-0.15, -0.1) is 0 Å². The number of hydrogen-bond donors (Lipinski definition) is 2. The van der Waals surface area contributed by atoms with E-state index < -0.39 is 0 Å². The minimum atomic E-state index is 0.616. The molecule has 1 aromatic heterocycles. The Morgan fingerprint density at radius 1 is 1.11 bits per heavy atom. The minimum absolute atomic E-state index is 0.616. The van der Waals surface area contributed by atoms with E-state index in [1.807, 2.05) is 0 Å². The summed E-state index contributed by atoms with van der Waals surface area (Å²) in [5.41, 5.74) is 1.50. The second-order valence-corrected chi connectivity index (χ2v) is 5.27. The summed E-state index contributed by atoms with van der Waals surface area (Å²) >= 11 is 0. The van der Waals surface area contributed by atoms with Gasteiger partial charge in [-0.1, -0.05) is 30.3 Å². The van der Waals surface area contributed by atoms with Gasteiger partial charge in [0.2, 0.25) is 0 Å². The van der Waals surface area contributed by atoms with Gasteiger partial charge in [0.15, 0.2) is 0 Å². The van der Waals surface area contributed by atoms with E-state index in [0.29, 0.717) is 6.04 Å². The van der Waals surface area contributed by atoms with Crippen LogP contribution >= 0.6 is 0 Å². The average Bonchev–Trinajstić information content (AvgIpc) is 3.00. The highest BCUT2D eigenvalue weighted by atomic mass is 15.2. The van der Waals surface area contributed by atoms with Crippen LogP contribution < -0.4 is 5.32 Å². The lowest BCUT2D eigenvalue weighted by atomic mass is 9.82. The van der Waals surface area contributed by atoms with Crippen molar-refractivity contribution in [3.05, 3.63) is 48.0 Å². The molecule has 0 spiro atoms. The minimum Gasteiger partial charge on any atom is -0.307 e. The molecule has 1 aliphatic rings. The third-order valence-corrected chi connectivity index (χ3v) is 4.02. The Hall–Kier alpha value is -1.68. The van der Waals surface area contributed by atoms with Crippen LogP contribution in [0.3, 0.4) is 0 Å². The fourth-order valence-corrected chi connectivity index (χ4v) is 2.91. The van der Waals surface area contributed by atoms with E-state index in [4.69, 9.17) is 0 Å². The topological polar surface area (TPSA) is 53.6 Å². The predicted molar refractivity (Wildman–Crippen MR) is 74.7 cm³/mol. The molecule has 0 bridgehead atoms. The SMILES string of the molecule is c1ccc(C2CCC(NCc3ncn[nH]3)CC2)cc1. The second-order valence-electron chi connectivity index (χ2n) is 5.27. The van der Waals surface area contributed by atoms with Gasteiger partial charge in [0, 0.05) is 6.04 Å². The van der Waals surface area contributed by atoms with Crippen LogP contribution in [0.4, 0.5) is 0 Å². The maximum Gasteiger partial charge on any atom is 0.138 e. The molecule has 0 amide bonds. The van der Waals surface area contributed by atoms with Gasteiger partial charge in [0.05, 0.1) is 6.54 Å². The van der Waals surface area contributed by atoms with Crippen molar-refractivity contribution in [3.8, 4) is 0 Å². The molecule has 2 N–H and O–H groups in total. The van der Waals surface area contributed by atoms with Gasteiger partial charge in [0.1, 0.15) is 12.2 Å². The van der Waals surface area contributed by atoms with Gasteiger partial charge in [-0.25, -0.2) is 4.98 Å².